The summed E-state index contributed by atoms with van der Waals surface area (Å²) in [6.45, 7) is 1.54. The van der Waals surface area contributed by atoms with Crippen molar-refractivity contribution >= 4 is 34.0 Å². The zero-order valence-electron chi connectivity index (χ0n) is 19.0. The van der Waals surface area contributed by atoms with Gasteiger partial charge in [0.1, 0.15) is 17.3 Å². The molecule has 4 aromatic rings. The zero-order valence-corrected chi connectivity index (χ0v) is 19.8. The molecule has 0 aliphatic heterocycles. The number of benzene rings is 2. The van der Waals surface area contributed by atoms with Crippen LogP contribution in [0.25, 0.3) is 5.78 Å². The van der Waals surface area contributed by atoms with Gasteiger partial charge < -0.3 is 9.47 Å². The number of rotatable bonds is 8. The van der Waals surface area contributed by atoms with Gasteiger partial charge in [-0.1, -0.05) is 0 Å². The molecule has 2 N–H and O–H groups in total. The lowest BCUT2D eigenvalue weighted by molar-refractivity contribution is 0.414. The van der Waals surface area contributed by atoms with Crippen LogP contribution in [0.4, 0.5) is 5.82 Å². The van der Waals surface area contributed by atoms with E-state index in [1.807, 2.05) is 0 Å². The van der Waals surface area contributed by atoms with Crippen LogP contribution in [0.15, 0.2) is 68.3 Å². The van der Waals surface area contributed by atoms with Gasteiger partial charge in [0.15, 0.2) is 10.7 Å². The van der Waals surface area contributed by atoms with E-state index in [2.05, 4.69) is 30.1 Å². The van der Waals surface area contributed by atoms with Gasteiger partial charge in [-0.3, -0.25) is 4.79 Å². The van der Waals surface area contributed by atoms with Gasteiger partial charge in [-0.2, -0.15) is 28.4 Å². The first-order valence-electron chi connectivity index (χ1n) is 10.2. The van der Waals surface area contributed by atoms with E-state index in [1.54, 1.807) is 62.6 Å². The minimum absolute atomic E-state index is 0.0510. The largest absolute Gasteiger partial charge is 0.497 e. The number of aryl methyl sites for hydroxylation is 1. The Balaban J connectivity index is 1.72. The molecular weight excluding hydrogens is 474 g/mol. The molecule has 0 spiro atoms. The second kappa shape index (κ2) is 9.77. The number of nitrogens with zero attached hydrogens (tertiary/aromatic N) is 5. The fraction of sp³-hybridized carbons (Fsp3) is 0.136. The van der Waals surface area contributed by atoms with Crippen LogP contribution < -0.4 is 19.9 Å². The summed E-state index contributed by atoms with van der Waals surface area (Å²) in [5.41, 5.74) is 0.389. The van der Waals surface area contributed by atoms with Gasteiger partial charge >= 0.3 is 0 Å². The minimum Gasteiger partial charge on any atom is -0.497 e. The predicted octanol–water partition coefficient (Wildman–Crippen LogP) is 1.81. The smallest absolute Gasteiger partial charge is 0.285 e. The summed E-state index contributed by atoms with van der Waals surface area (Å²) in [5, 5.41) is 10.3. The quantitative estimate of drug-likeness (QED) is 0.279. The number of ether oxygens (including phenoxy) is 2. The molecule has 0 aliphatic rings. The normalized spacial score (nSPS) is 12.0. The average molecular weight is 496 g/mol. The van der Waals surface area contributed by atoms with Gasteiger partial charge in [0.25, 0.3) is 15.6 Å². The van der Waals surface area contributed by atoms with E-state index in [1.165, 1.54) is 19.5 Å². The van der Waals surface area contributed by atoms with Crippen LogP contribution >= 0.6 is 0 Å². The maximum absolute atomic E-state index is 13.2. The molecular formula is C22H21N7O5S. The Morgan fingerprint density at radius 2 is 1.54 bits per heavy atom. The van der Waals surface area contributed by atoms with Crippen molar-refractivity contribution in [2.75, 3.05) is 14.2 Å². The summed E-state index contributed by atoms with van der Waals surface area (Å²) >= 11 is 0. The van der Waals surface area contributed by atoms with Crippen LogP contribution in [-0.4, -0.2) is 54.6 Å². The van der Waals surface area contributed by atoms with Crippen molar-refractivity contribution in [3.05, 3.63) is 75.8 Å². The van der Waals surface area contributed by atoms with Gasteiger partial charge in [0, 0.05) is 6.21 Å². The van der Waals surface area contributed by atoms with Gasteiger partial charge in [-0.25, -0.2) is 14.5 Å². The molecule has 0 saturated heterocycles. The molecule has 0 amide bonds. The number of hydrogen-bond donors (Lipinski definition) is 2. The minimum atomic E-state index is -4.45. The fourth-order valence-electron chi connectivity index (χ4n) is 3.10. The van der Waals surface area contributed by atoms with Crippen LogP contribution in [-0.2, 0) is 10.0 Å². The van der Waals surface area contributed by atoms with Crippen molar-refractivity contribution in [2.24, 2.45) is 10.1 Å². The molecule has 0 atom stereocenters. The molecule has 0 fully saturated rings. The van der Waals surface area contributed by atoms with E-state index in [9.17, 15) is 13.2 Å². The number of fused-ring (bicyclic) bond motifs is 1. The summed E-state index contributed by atoms with van der Waals surface area (Å²) in [4.78, 5) is 22.9. The first-order chi connectivity index (χ1) is 16.8. The molecule has 2 aromatic carbocycles. The van der Waals surface area contributed by atoms with Gasteiger partial charge in [0.2, 0.25) is 5.78 Å². The number of aromatic nitrogens is 4. The molecule has 180 valence electrons. The standard InChI is InChI=1S/C22H21N7O5S/c1-14-26-27-22-25-20(23-12-15-4-8-17(33-2)9-5-15)19(21(30)29(14)22)35(31,32)28-24-13-16-6-10-18(34-3)11-7-16/h4-13,28H,1-3H3,(H,25,27)/b23-12?,24-13+. The van der Waals surface area contributed by atoms with Crippen LogP contribution in [0.2, 0.25) is 0 Å². The second-order valence-electron chi connectivity index (χ2n) is 7.16. The van der Waals surface area contributed by atoms with Crippen molar-refractivity contribution in [2.45, 2.75) is 11.8 Å². The van der Waals surface area contributed by atoms with Gasteiger partial charge in [-0.15, -0.1) is 0 Å². The third-order valence-electron chi connectivity index (χ3n) is 4.89. The first kappa shape index (κ1) is 23.6. The Morgan fingerprint density at radius 3 is 2.11 bits per heavy atom. The Labute approximate surface area is 200 Å². The summed E-state index contributed by atoms with van der Waals surface area (Å²) in [7, 11) is -1.37. The van der Waals surface area contributed by atoms with Crippen molar-refractivity contribution in [1.82, 2.24) is 24.4 Å². The number of H-pyrrole nitrogens is 1. The van der Waals surface area contributed by atoms with E-state index >= 15 is 0 Å². The summed E-state index contributed by atoms with van der Waals surface area (Å²) in [6.07, 6.45) is 2.69. The monoisotopic (exact) mass is 495 g/mol. The molecule has 2 aromatic heterocycles. The molecule has 13 heteroatoms. The highest BCUT2D eigenvalue weighted by molar-refractivity contribution is 7.89. The highest BCUT2D eigenvalue weighted by atomic mass is 32.2. The lowest BCUT2D eigenvalue weighted by Crippen LogP contribution is -2.29. The number of nitrogens with one attached hydrogen (secondary N) is 2. The van der Waals surface area contributed by atoms with E-state index in [4.69, 9.17) is 9.47 Å². The molecule has 0 unspecified atom stereocenters. The molecule has 12 nitrogen and oxygen atoms in total. The second-order valence-corrected chi connectivity index (χ2v) is 8.75. The number of sulfonamides is 1. The lowest BCUT2D eigenvalue weighted by Gasteiger charge is -2.07. The molecule has 35 heavy (non-hydrogen) atoms. The van der Waals surface area contributed by atoms with Crippen LogP contribution in [0, 0.1) is 6.92 Å². The summed E-state index contributed by atoms with van der Waals surface area (Å²) in [5.74, 6) is 1.26. The number of aromatic amines is 1. The number of aliphatic imine (C=N–C) groups is 1. The number of hydrogen-bond acceptors (Lipinski definition) is 9. The zero-order chi connectivity index (χ0) is 25.0. The summed E-state index contributed by atoms with van der Waals surface area (Å²) < 4.78 is 37.5. The molecule has 4 rings (SSSR count). The molecule has 0 aliphatic carbocycles. The maximum atomic E-state index is 13.2. The van der Waals surface area contributed by atoms with E-state index in [0.717, 1.165) is 4.40 Å². The molecule has 0 radical (unpaired) electrons. The Kier molecular flexibility index (Phi) is 6.59. The summed E-state index contributed by atoms with van der Waals surface area (Å²) in [6, 6.07) is 13.7. The topological polar surface area (TPSA) is 152 Å². The van der Waals surface area contributed by atoms with E-state index < -0.39 is 20.5 Å². The number of hydrazone groups is 1. The average Bonchev–Trinajstić information content (AvgIpc) is 3.24. The van der Waals surface area contributed by atoms with E-state index in [0.29, 0.717) is 22.6 Å². The van der Waals surface area contributed by atoms with Crippen LogP contribution in [0.3, 0.4) is 0 Å². The SMILES string of the molecule is COc1ccc(C=Nc2nc3[nH]nc(C)n3c(=O)c2S(=O)(=O)N/N=C/c2ccc(OC)cc2)cc1. The Bertz CT molecular complexity index is 1570. The highest BCUT2D eigenvalue weighted by Crippen LogP contribution is 2.20. The lowest BCUT2D eigenvalue weighted by atomic mass is 10.2. The fourth-order valence-corrected chi connectivity index (χ4v) is 4.05. The molecule has 2 heterocycles. The highest BCUT2D eigenvalue weighted by Gasteiger charge is 2.27. The third kappa shape index (κ3) is 5.04. The first-order valence-corrected chi connectivity index (χ1v) is 11.7. The number of methoxy groups -OCH3 is 2. The van der Waals surface area contributed by atoms with Gasteiger partial charge in [-0.05, 0) is 66.6 Å². The van der Waals surface area contributed by atoms with Crippen molar-refractivity contribution in [3.8, 4) is 11.5 Å². The van der Waals surface area contributed by atoms with E-state index in [-0.39, 0.29) is 17.4 Å². The van der Waals surface area contributed by atoms with Crippen LogP contribution in [0.1, 0.15) is 17.0 Å². The third-order valence-corrected chi connectivity index (χ3v) is 6.13. The van der Waals surface area contributed by atoms with Crippen molar-refractivity contribution in [3.63, 3.8) is 0 Å². The van der Waals surface area contributed by atoms with Crippen molar-refractivity contribution in [1.29, 1.82) is 0 Å². The molecule has 0 saturated carbocycles. The van der Waals surface area contributed by atoms with Crippen molar-refractivity contribution < 1.29 is 17.9 Å². The molecule has 0 bridgehead atoms. The Hall–Kier alpha value is -4.52. The maximum Gasteiger partial charge on any atom is 0.285 e. The van der Waals surface area contributed by atoms with Gasteiger partial charge in [0.05, 0.1) is 20.4 Å². The predicted molar refractivity (Wildman–Crippen MR) is 130 cm³/mol. The van der Waals surface area contributed by atoms with Crippen LogP contribution in [0.5, 0.6) is 11.5 Å². The Morgan fingerprint density at radius 1 is 0.971 bits per heavy atom.